The van der Waals surface area contributed by atoms with E-state index >= 15 is 0 Å². The average molecular weight is 376 g/mol. The zero-order valence-corrected chi connectivity index (χ0v) is 16.8. The number of guanidine groups is 1. The number of nitrogens with one attached hydrogen (secondary N) is 2. The fourth-order valence-corrected chi connectivity index (χ4v) is 2.81. The van der Waals surface area contributed by atoms with E-state index in [1.807, 2.05) is 6.07 Å². The van der Waals surface area contributed by atoms with Crippen LogP contribution in [0, 0.1) is 6.92 Å². The Balaban J connectivity index is 1.83. The second kappa shape index (κ2) is 11.6. The van der Waals surface area contributed by atoms with Crippen LogP contribution < -0.4 is 10.6 Å². The van der Waals surface area contributed by atoms with E-state index in [0.29, 0.717) is 12.5 Å². The highest BCUT2D eigenvalue weighted by Crippen LogP contribution is 2.05. The van der Waals surface area contributed by atoms with Gasteiger partial charge in [-0.25, -0.2) is 4.99 Å². The Hall–Kier alpha value is -2.12. The number of carbonyl (C=O) groups is 1. The number of aliphatic imine (C=N–C) groups is 1. The van der Waals surface area contributed by atoms with Crippen LogP contribution in [-0.2, 0) is 16.1 Å². The molecule has 1 saturated heterocycles. The molecule has 1 aromatic rings. The summed E-state index contributed by atoms with van der Waals surface area (Å²) in [7, 11) is 3.51. The minimum atomic E-state index is 0.0216. The zero-order chi connectivity index (χ0) is 19.5. The van der Waals surface area contributed by atoms with Crippen molar-refractivity contribution in [3.8, 4) is 0 Å². The van der Waals surface area contributed by atoms with Gasteiger partial charge >= 0.3 is 0 Å². The SMILES string of the molecule is Cc1cccc(CN=C(NCCCN2CCOCC2)NCC(=O)N(C)C)c1. The summed E-state index contributed by atoms with van der Waals surface area (Å²) in [5.74, 6) is 0.696. The summed E-state index contributed by atoms with van der Waals surface area (Å²) in [6.45, 7) is 8.40. The number of likely N-dealkylation sites (N-methyl/N-ethyl adjacent to an activating group) is 1. The van der Waals surface area contributed by atoms with Gasteiger partial charge < -0.3 is 20.3 Å². The molecular weight excluding hydrogens is 342 g/mol. The molecule has 0 unspecified atom stereocenters. The third kappa shape index (κ3) is 8.41. The van der Waals surface area contributed by atoms with Crippen molar-refractivity contribution in [1.82, 2.24) is 20.4 Å². The minimum absolute atomic E-state index is 0.0216. The van der Waals surface area contributed by atoms with E-state index in [9.17, 15) is 4.79 Å². The highest BCUT2D eigenvalue weighted by atomic mass is 16.5. The predicted octanol–water partition coefficient (Wildman–Crippen LogP) is 0.841. The maximum absolute atomic E-state index is 11.9. The third-order valence-corrected chi connectivity index (χ3v) is 4.46. The quantitative estimate of drug-likeness (QED) is 0.400. The maximum Gasteiger partial charge on any atom is 0.241 e. The molecule has 7 nitrogen and oxygen atoms in total. The van der Waals surface area contributed by atoms with Gasteiger partial charge in [-0.05, 0) is 25.5 Å². The first-order valence-corrected chi connectivity index (χ1v) is 9.62. The van der Waals surface area contributed by atoms with Crippen molar-refractivity contribution < 1.29 is 9.53 Å². The van der Waals surface area contributed by atoms with Crippen LogP contribution in [0.4, 0.5) is 0 Å². The summed E-state index contributed by atoms with van der Waals surface area (Å²) in [4.78, 5) is 20.5. The monoisotopic (exact) mass is 375 g/mol. The van der Waals surface area contributed by atoms with Gasteiger partial charge in [0.15, 0.2) is 5.96 Å². The van der Waals surface area contributed by atoms with E-state index in [1.54, 1.807) is 19.0 Å². The van der Waals surface area contributed by atoms with Gasteiger partial charge in [-0.2, -0.15) is 0 Å². The van der Waals surface area contributed by atoms with Crippen LogP contribution in [0.25, 0.3) is 0 Å². The van der Waals surface area contributed by atoms with E-state index in [-0.39, 0.29) is 12.5 Å². The third-order valence-electron chi connectivity index (χ3n) is 4.46. The summed E-state index contributed by atoms with van der Waals surface area (Å²) in [6, 6.07) is 8.31. The number of nitrogens with zero attached hydrogens (tertiary/aromatic N) is 3. The lowest BCUT2D eigenvalue weighted by Crippen LogP contribution is -2.44. The van der Waals surface area contributed by atoms with Crippen LogP contribution in [0.15, 0.2) is 29.3 Å². The van der Waals surface area contributed by atoms with E-state index in [0.717, 1.165) is 51.4 Å². The average Bonchev–Trinajstić information content (AvgIpc) is 2.67. The Morgan fingerprint density at radius 2 is 2.04 bits per heavy atom. The molecule has 7 heteroatoms. The van der Waals surface area contributed by atoms with E-state index in [1.165, 1.54) is 5.56 Å². The molecule has 150 valence electrons. The van der Waals surface area contributed by atoms with Crippen molar-refractivity contribution in [2.75, 3.05) is 60.0 Å². The van der Waals surface area contributed by atoms with Gasteiger partial charge in [-0.15, -0.1) is 0 Å². The van der Waals surface area contributed by atoms with Gasteiger partial charge in [0.1, 0.15) is 0 Å². The van der Waals surface area contributed by atoms with Gasteiger partial charge in [0, 0.05) is 33.7 Å². The molecule has 1 amide bonds. The Morgan fingerprint density at radius 3 is 2.74 bits per heavy atom. The lowest BCUT2D eigenvalue weighted by molar-refractivity contribution is -0.127. The number of aryl methyl sites for hydroxylation is 1. The van der Waals surface area contributed by atoms with Crippen molar-refractivity contribution in [2.45, 2.75) is 19.9 Å². The topological polar surface area (TPSA) is 69.2 Å². The van der Waals surface area contributed by atoms with Crippen LogP contribution in [0.1, 0.15) is 17.5 Å². The molecule has 2 N–H and O–H groups in total. The van der Waals surface area contributed by atoms with Crippen molar-refractivity contribution >= 4 is 11.9 Å². The van der Waals surface area contributed by atoms with Gasteiger partial charge in [-0.3, -0.25) is 9.69 Å². The van der Waals surface area contributed by atoms with Crippen molar-refractivity contribution in [3.05, 3.63) is 35.4 Å². The van der Waals surface area contributed by atoms with Crippen LogP contribution in [-0.4, -0.2) is 81.7 Å². The molecule has 1 aliphatic heterocycles. The molecule has 2 rings (SSSR count). The normalized spacial score (nSPS) is 15.4. The number of hydrogen-bond donors (Lipinski definition) is 2. The highest BCUT2D eigenvalue weighted by Gasteiger charge is 2.10. The number of morpholine rings is 1. The zero-order valence-electron chi connectivity index (χ0n) is 16.8. The molecule has 1 aromatic carbocycles. The van der Waals surface area contributed by atoms with Gasteiger partial charge in [0.2, 0.25) is 5.91 Å². The predicted molar refractivity (Wildman–Crippen MR) is 109 cm³/mol. The first kappa shape index (κ1) is 21.2. The van der Waals surface area contributed by atoms with E-state index in [4.69, 9.17) is 4.74 Å². The van der Waals surface area contributed by atoms with Crippen molar-refractivity contribution in [2.24, 2.45) is 4.99 Å². The summed E-state index contributed by atoms with van der Waals surface area (Å²) in [5, 5.41) is 6.49. The number of carbonyl (C=O) groups excluding carboxylic acids is 1. The lowest BCUT2D eigenvalue weighted by atomic mass is 10.1. The Kier molecular flexibility index (Phi) is 9.07. The number of benzene rings is 1. The van der Waals surface area contributed by atoms with E-state index in [2.05, 4.69) is 45.6 Å². The summed E-state index contributed by atoms with van der Waals surface area (Å²) in [6.07, 6.45) is 1.02. The fourth-order valence-electron chi connectivity index (χ4n) is 2.81. The molecule has 1 aliphatic rings. The molecule has 0 aromatic heterocycles. The van der Waals surface area contributed by atoms with Crippen LogP contribution in [0.2, 0.25) is 0 Å². The molecule has 1 heterocycles. The van der Waals surface area contributed by atoms with Gasteiger partial charge in [-0.1, -0.05) is 29.8 Å². The number of rotatable bonds is 8. The molecule has 0 spiro atoms. The summed E-state index contributed by atoms with van der Waals surface area (Å²) < 4.78 is 5.38. The lowest BCUT2D eigenvalue weighted by Gasteiger charge is -2.26. The van der Waals surface area contributed by atoms with Crippen LogP contribution in [0.5, 0.6) is 0 Å². The fraction of sp³-hybridized carbons (Fsp3) is 0.600. The largest absolute Gasteiger partial charge is 0.379 e. The molecular formula is C20H33N5O2. The second-order valence-corrected chi connectivity index (χ2v) is 7.03. The molecule has 0 saturated carbocycles. The standard InChI is InChI=1S/C20H33N5O2/c1-17-6-4-7-18(14-17)15-22-20(23-16-19(26)24(2)3)21-8-5-9-25-10-12-27-13-11-25/h4,6-7,14H,5,8-13,15-16H2,1-3H3,(H2,21,22,23). The van der Waals surface area contributed by atoms with Crippen molar-refractivity contribution in [1.29, 1.82) is 0 Å². The summed E-state index contributed by atoms with van der Waals surface area (Å²) in [5.41, 5.74) is 2.38. The molecule has 0 radical (unpaired) electrons. The van der Waals surface area contributed by atoms with Gasteiger partial charge in [0.25, 0.3) is 0 Å². The second-order valence-electron chi connectivity index (χ2n) is 7.03. The van der Waals surface area contributed by atoms with E-state index < -0.39 is 0 Å². The van der Waals surface area contributed by atoms with Gasteiger partial charge in [0.05, 0.1) is 26.3 Å². The molecule has 27 heavy (non-hydrogen) atoms. The Labute approximate surface area is 162 Å². The number of hydrogen-bond acceptors (Lipinski definition) is 4. The number of amides is 1. The highest BCUT2D eigenvalue weighted by molar-refractivity contribution is 5.86. The smallest absolute Gasteiger partial charge is 0.241 e. The maximum atomic E-state index is 11.9. The first-order valence-electron chi connectivity index (χ1n) is 9.62. The van der Waals surface area contributed by atoms with Crippen molar-refractivity contribution in [3.63, 3.8) is 0 Å². The molecule has 0 bridgehead atoms. The first-order chi connectivity index (χ1) is 13.0. The van der Waals surface area contributed by atoms with Crippen LogP contribution >= 0.6 is 0 Å². The van der Waals surface area contributed by atoms with Crippen LogP contribution in [0.3, 0.4) is 0 Å². The molecule has 0 aliphatic carbocycles. The Morgan fingerprint density at radius 1 is 1.26 bits per heavy atom. The summed E-state index contributed by atoms with van der Waals surface area (Å²) >= 11 is 0. The Bertz CT molecular complexity index is 612. The molecule has 1 fully saturated rings. The minimum Gasteiger partial charge on any atom is -0.379 e. The number of ether oxygens (including phenoxy) is 1. The molecule has 0 atom stereocenters.